The zero-order chi connectivity index (χ0) is 23.6. The Kier molecular flexibility index (Phi) is 6.54. The highest BCUT2D eigenvalue weighted by Crippen LogP contribution is 2.27. The third kappa shape index (κ3) is 5.44. The highest BCUT2D eigenvalue weighted by molar-refractivity contribution is 7.88. The molecular weight excluding hydrogens is 469 g/mol. The summed E-state index contributed by atoms with van der Waals surface area (Å²) in [7, 11) is -3.68. The standard InChI is InChI=1S/C22H20FN3O5S2/c1-33(29,30)26-11-16-5-3-2-4-15(16)10-19(26)21(28)31-12-20(27)25-22-24-18(13-32-22)14-6-8-17(23)9-7-14/h2-9,13,19H,10-12H2,1H3,(H,24,25,27). The second-order valence-electron chi connectivity index (χ2n) is 7.50. The summed E-state index contributed by atoms with van der Waals surface area (Å²) in [6.45, 7) is -0.522. The molecule has 2 heterocycles. The molecule has 1 aliphatic rings. The van der Waals surface area contributed by atoms with Crippen LogP contribution in [0.2, 0.25) is 0 Å². The molecule has 8 nitrogen and oxygen atoms in total. The van der Waals surface area contributed by atoms with Gasteiger partial charge in [-0.1, -0.05) is 24.3 Å². The summed E-state index contributed by atoms with van der Waals surface area (Å²) >= 11 is 1.17. The first-order valence-electron chi connectivity index (χ1n) is 9.92. The third-order valence-corrected chi connectivity index (χ3v) is 7.13. The van der Waals surface area contributed by atoms with Crippen molar-refractivity contribution in [3.05, 3.63) is 70.9 Å². The minimum Gasteiger partial charge on any atom is -0.454 e. The fourth-order valence-electron chi connectivity index (χ4n) is 3.52. The van der Waals surface area contributed by atoms with Gasteiger partial charge < -0.3 is 4.74 Å². The zero-order valence-electron chi connectivity index (χ0n) is 17.5. The predicted molar refractivity (Wildman–Crippen MR) is 121 cm³/mol. The maximum atomic E-state index is 13.1. The number of hydrogen-bond acceptors (Lipinski definition) is 7. The van der Waals surface area contributed by atoms with E-state index in [4.69, 9.17) is 4.74 Å². The van der Waals surface area contributed by atoms with Crippen molar-refractivity contribution in [3.8, 4) is 11.3 Å². The van der Waals surface area contributed by atoms with Crippen LogP contribution in [-0.4, -0.2) is 48.5 Å². The average molecular weight is 490 g/mol. The van der Waals surface area contributed by atoms with Crippen LogP contribution in [0.15, 0.2) is 53.9 Å². The Hall–Kier alpha value is -3.15. The van der Waals surface area contributed by atoms with E-state index in [1.54, 1.807) is 17.5 Å². The van der Waals surface area contributed by atoms with E-state index in [1.807, 2.05) is 24.3 Å². The molecular formula is C22H20FN3O5S2. The van der Waals surface area contributed by atoms with E-state index in [0.717, 1.165) is 21.7 Å². The fraction of sp³-hybridized carbons (Fsp3) is 0.227. The number of benzene rings is 2. The third-order valence-electron chi connectivity index (χ3n) is 5.14. The first kappa shape index (κ1) is 23.0. The smallest absolute Gasteiger partial charge is 0.325 e. The van der Waals surface area contributed by atoms with E-state index < -0.39 is 34.5 Å². The second-order valence-corrected chi connectivity index (χ2v) is 10.3. The number of carbonyl (C=O) groups is 2. The summed E-state index contributed by atoms with van der Waals surface area (Å²) in [6, 6.07) is 12.0. The first-order chi connectivity index (χ1) is 15.7. The highest BCUT2D eigenvalue weighted by atomic mass is 32.2. The quantitative estimate of drug-likeness (QED) is 0.534. The lowest BCUT2D eigenvalue weighted by Gasteiger charge is -2.33. The SMILES string of the molecule is CS(=O)(=O)N1Cc2ccccc2CC1C(=O)OCC(=O)Nc1nc(-c2ccc(F)cc2)cs1. The number of nitrogens with zero attached hydrogens (tertiary/aromatic N) is 2. The number of hydrogen-bond donors (Lipinski definition) is 1. The van der Waals surface area contributed by atoms with E-state index in [2.05, 4.69) is 10.3 Å². The minimum atomic E-state index is -3.68. The molecule has 0 saturated heterocycles. The molecule has 1 aliphatic heterocycles. The van der Waals surface area contributed by atoms with Crippen molar-refractivity contribution in [1.29, 1.82) is 0 Å². The fourth-order valence-corrected chi connectivity index (χ4v) is 5.25. The molecule has 0 fully saturated rings. The van der Waals surface area contributed by atoms with Crippen LogP contribution in [0.1, 0.15) is 11.1 Å². The summed E-state index contributed by atoms with van der Waals surface area (Å²) in [5.74, 6) is -1.76. The number of fused-ring (bicyclic) bond motifs is 1. The van der Waals surface area contributed by atoms with E-state index in [-0.39, 0.29) is 18.8 Å². The maximum Gasteiger partial charge on any atom is 0.325 e. The van der Waals surface area contributed by atoms with E-state index in [1.165, 1.54) is 23.5 Å². The van der Waals surface area contributed by atoms with Gasteiger partial charge >= 0.3 is 5.97 Å². The number of esters is 1. The van der Waals surface area contributed by atoms with Gasteiger partial charge in [-0.05, 0) is 35.4 Å². The molecule has 0 spiro atoms. The molecule has 11 heteroatoms. The summed E-state index contributed by atoms with van der Waals surface area (Å²) in [4.78, 5) is 29.2. The topological polar surface area (TPSA) is 106 Å². The Morgan fingerprint density at radius 3 is 2.58 bits per heavy atom. The number of carbonyl (C=O) groups excluding carboxylic acids is 2. The summed E-state index contributed by atoms with van der Waals surface area (Å²) in [5.41, 5.74) is 2.94. The Morgan fingerprint density at radius 2 is 1.88 bits per heavy atom. The highest BCUT2D eigenvalue weighted by Gasteiger charge is 2.38. The average Bonchev–Trinajstić information content (AvgIpc) is 3.24. The monoisotopic (exact) mass is 489 g/mol. The van der Waals surface area contributed by atoms with Crippen molar-refractivity contribution in [3.63, 3.8) is 0 Å². The Labute approximate surface area is 194 Å². The van der Waals surface area contributed by atoms with E-state index in [0.29, 0.717) is 16.4 Å². The molecule has 0 saturated carbocycles. The molecule has 0 bridgehead atoms. The second kappa shape index (κ2) is 9.38. The Bertz CT molecular complexity index is 1290. The largest absolute Gasteiger partial charge is 0.454 e. The van der Waals surface area contributed by atoms with Gasteiger partial charge in [0.25, 0.3) is 5.91 Å². The van der Waals surface area contributed by atoms with Crippen LogP contribution >= 0.6 is 11.3 Å². The lowest BCUT2D eigenvalue weighted by Crippen LogP contribution is -2.49. The Morgan fingerprint density at radius 1 is 1.18 bits per heavy atom. The van der Waals surface area contributed by atoms with Crippen molar-refractivity contribution in [2.45, 2.75) is 19.0 Å². The van der Waals surface area contributed by atoms with Crippen LogP contribution in [0.3, 0.4) is 0 Å². The molecule has 0 radical (unpaired) electrons. The molecule has 1 aromatic heterocycles. The van der Waals surface area contributed by atoms with Crippen molar-refractivity contribution in [1.82, 2.24) is 9.29 Å². The van der Waals surface area contributed by atoms with Crippen molar-refractivity contribution >= 4 is 38.4 Å². The van der Waals surface area contributed by atoms with Crippen LogP contribution in [0, 0.1) is 5.82 Å². The number of thiazole rings is 1. The lowest BCUT2D eigenvalue weighted by molar-refractivity contribution is -0.151. The number of nitrogens with one attached hydrogen (secondary N) is 1. The number of ether oxygens (including phenoxy) is 1. The van der Waals surface area contributed by atoms with Gasteiger partial charge in [0.15, 0.2) is 11.7 Å². The molecule has 1 atom stereocenters. The van der Waals surface area contributed by atoms with Crippen molar-refractivity contribution < 1.29 is 27.1 Å². The van der Waals surface area contributed by atoms with Crippen LogP contribution < -0.4 is 5.32 Å². The van der Waals surface area contributed by atoms with Crippen molar-refractivity contribution in [2.24, 2.45) is 0 Å². The van der Waals surface area contributed by atoms with Gasteiger partial charge in [-0.3, -0.25) is 14.9 Å². The van der Waals surface area contributed by atoms with Gasteiger partial charge in [0, 0.05) is 23.9 Å². The van der Waals surface area contributed by atoms with Gasteiger partial charge in [-0.25, -0.2) is 17.8 Å². The zero-order valence-corrected chi connectivity index (χ0v) is 19.2. The molecule has 33 heavy (non-hydrogen) atoms. The van der Waals surface area contributed by atoms with Crippen LogP contribution in [0.25, 0.3) is 11.3 Å². The van der Waals surface area contributed by atoms with Crippen molar-refractivity contribution in [2.75, 3.05) is 18.2 Å². The minimum absolute atomic E-state index is 0.0618. The van der Waals surface area contributed by atoms with Gasteiger partial charge in [-0.2, -0.15) is 4.31 Å². The van der Waals surface area contributed by atoms with Gasteiger partial charge in [0.1, 0.15) is 11.9 Å². The molecule has 4 rings (SSSR count). The maximum absolute atomic E-state index is 13.1. The number of rotatable bonds is 6. The van der Waals surface area contributed by atoms with Crippen LogP contribution in [-0.2, 0) is 37.3 Å². The van der Waals surface area contributed by atoms with E-state index in [9.17, 15) is 22.4 Å². The van der Waals surface area contributed by atoms with E-state index >= 15 is 0 Å². The van der Waals surface area contributed by atoms with Crippen LogP contribution in [0.4, 0.5) is 9.52 Å². The molecule has 172 valence electrons. The van der Waals surface area contributed by atoms with Gasteiger partial charge in [-0.15, -0.1) is 11.3 Å². The number of aromatic nitrogens is 1. The number of anilines is 1. The number of halogens is 1. The summed E-state index contributed by atoms with van der Waals surface area (Å²) in [6.07, 6.45) is 1.20. The Balaban J connectivity index is 1.38. The van der Waals surface area contributed by atoms with Gasteiger partial charge in [0.2, 0.25) is 10.0 Å². The lowest BCUT2D eigenvalue weighted by atomic mass is 9.96. The molecule has 0 aliphatic carbocycles. The molecule has 3 aromatic rings. The molecule has 1 N–H and O–H groups in total. The predicted octanol–water partition coefficient (Wildman–Crippen LogP) is 2.82. The summed E-state index contributed by atoms with van der Waals surface area (Å²) < 4.78 is 43.8. The number of sulfonamides is 1. The normalized spacial score (nSPS) is 16.1. The first-order valence-corrected chi connectivity index (χ1v) is 12.6. The number of amides is 1. The molecule has 1 unspecified atom stereocenters. The van der Waals surface area contributed by atoms with Gasteiger partial charge in [0.05, 0.1) is 11.9 Å². The van der Waals surface area contributed by atoms with Crippen LogP contribution in [0.5, 0.6) is 0 Å². The molecule has 1 amide bonds. The summed E-state index contributed by atoms with van der Waals surface area (Å²) in [5, 5.41) is 4.54. The molecule has 2 aromatic carbocycles.